The molecule has 0 spiro atoms. The highest BCUT2D eigenvalue weighted by atomic mass is 35.5. The van der Waals surface area contributed by atoms with Crippen molar-refractivity contribution in [1.29, 1.82) is 0 Å². The Balaban J connectivity index is 2.35. The van der Waals surface area contributed by atoms with Crippen LogP contribution < -0.4 is 10.1 Å². The van der Waals surface area contributed by atoms with Crippen LogP contribution in [0.1, 0.15) is 6.92 Å². The third-order valence-corrected chi connectivity index (χ3v) is 2.64. The number of anilines is 1. The lowest BCUT2D eigenvalue weighted by Gasteiger charge is -2.10. The molecule has 0 fully saturated rings. The van der Waals surface area contributed by atoms with Gasteiger partial charge in [-0.15, -0.1) is 0 Å². The molecule has 0 saturated heterocycles. The first-order valence-electron chi connectivity index (χ1n) is 5.74. The third kappa shape index (κ3) is 3.14. The Morgan fingerprint density at radius 1 is 1.20 bits per heavy atom. The van der Waals surface area contributed by atoms with E-state index in [-0.39, 0.29) is 16.6 Å². The Bertz CT molecular complexity index is 637. The minimum atomic E-state index is -0.982. The van der Waals surface area contributed by atoms with Crippen LogP contribution in [0.2, 0.25) is 5.02 Å². The summed E-state index contributed by atoms with van der Waals surface area (Å²) in [6.45, 7) is 2.15. The van der Waals surface area contributed by atoms with Gasteiger partial charge in [0.25, 0.3) is 5.88 Å². The van der Waals surface area contributed by atoms with Crippen LogP contribution in [0.3, 0.4) is 0 Å². The lowest BCUT2D eigenvalue weighted by molar-refractivity contribution is 0.417. The highest BCUT2D eigenvalue weighted by Crippen LogP contribution is 2.31. The van der Waals surface area contributed by atoms with Crippen molar-refractivity contribution in [2.24, 2.45) is 0 Å². The molecule has 106 valence electrons. The number of benzene rings is 1. The molecule has 0 aliphatic carbocycles. The standard InChI is InChI=1S/C13H10ClF3N2O/c1-2-18-12-9(16)6-10(17)13(19-12)20-11-4-3-7(15)5-8(11)14/h3-6H,2H2,1H3,(H,18,19). The van der Waals surface area contributed by atoms with E-state index in [1.165, 1.54) is 6.07 Å². The van der Waals surface area contributed by atoms with E-state index in [9.17, 15) is 13.2 Å². The minimum absolute atomic E-state index is 0.0218. The average Bonchev–Trinajstić information content (AvgIpc) is 2.38. The molecule has 0 aliphatic heterocycles. The van der Waals surface area contributed by atoms with Gasteiger partial charge in [-0.2, -0.15) is 4.98 Å². The number of hydrogen-bond donors (Lipinski definition) is 1. The van der Waals surface area contributed by atoms with Crippen molar-refractivity contribution in [3.63, 3.8) is 0 Å². The van der Waals surface area contributed by atoms with Gasteiger partial charge in [-0.25, -0.2) is 13.2 Å². The molecule has 0 unspecified atom stereocenters. The Hall–Kier alpha value is -1.95. The predicted molar refractivity (Wildman–Crippen MR) is 69.8 cm³/mol. The summed E-state index contributed by atoms with van der Waals surface area (Å²) >= 11 is 5.76. The van der Waals surface area contributed by atoms with Crippen LogP contribution >= 0.6 is 11.6 Å². The number of nitrogens with one attached hydrogen (secondary N) is 1. The largest absolute Gasteiger partial charge is 0.435 e. The number of nitrogens with zero attached hydrogens (tertiary/aromatic N) is 1. The fourth-order valence-electron chi connectivity index (χ4n) is 1.47. The Kier molecular flexibility index (Phi) is 4.34. The van der Waals surface area contributed by atoms with Gasteiger partial charge in [0.15, 0.2) is 17.5 Å². The number of halogens is 4. The maximum atomic E-state index is 13.6. The number of aromatic nitrogens is 1. The Morgan fingerprint density at radius 2 is 1.95 bits per heavy atom. The predicted octanol–water partition coefficient (Wildman–Crippen LogP) is 4.38. The molecule has 0 aliphatic rings. The average molecular weight is 303 g/mol. The zero-order valence-corrected chi connectivity index (χ0v) is 11.1. The highest BCUT2D eigenvalue weighted by Gasteiger charge is 2.15. The van der Waals surface area contributed by atoms with Crippen LogP contribution in [0.15, 0.2) is 24.3 Å². The second-order valence-corrected chi connectivity index (χ2v) is 4.22. The molecule has 1 aromatic heterocycles. The lowest BCUT2D eigenvalue weighted by atomic mass is 10.3. The van der Waals surface area contributed by atoms with Crippen LogP contribution in [0.5, 0.6) is 11.6 Å². The van der Waals surface area contributed by atoms with Crippen molar-refractivity contribution < 1.29 is 17.9 Å². The Labute approximate surface area is 118 Å². The fraction of sp³-hybridized carbons (Fsp3) is 0.154. The SMILES string of the molecule is CCNc1nc(Oc2ccc(F)cc2Cl)c(F)cc1F. The van der Waals surface area contributed by atoms with E-state index in [1.807, 2.05) is 0 Å². The molecule has 0 atom stereocenters. The van der Waals surface area contributed by atoms with Gasteiger partial charge in [-0.3, -0.25) is 0 Å². The van der Waals surface area contributed by atoms with Gasteiger partial charge in [0.2, 0.25) is 0 Å². The first-order chi connectivity index (χ1) is 9.51. The first kappa shape index (κ1) is 14.5. The molecular weight excluding hydrogens is 293 g/mol. The summed E-state index contributed by atoms with van der Waals surface area (Å²) in [6, 6.07) is 4.00. The monoisotopic (exact) mass is 302 g/mol. The van der Waals surface area contributed by atoms with Crippen molar-refractivity contribution in [2.45, 2.75) is 6.92 Å². The van der Waals surface area contributed by atoms with Crippen LogP contribution in [0, 0.1) is 17.5 Å². The molecule has 3 nitrogen and oxygen atoms in total. The van der Waals surface area contributed by atoms with Crippen LogP contribution in [-0.2, 0) is 0 Å². The van der Waals surface area contributed by atoms with Crippen molar-refractivity contribution >= 4 is 17.4 Å². The summed E-state index contributed by atoms with van der Waals surface area (Å²) in [4.78, 5) is 3.68. The molecule has 0 amide bonds. The summed E-state index contributed by atoms with van der Waals surface area (Å²) in [5, 5.41) is 2.59. The van der Waals surface area contributed by atoms with E-state index in [0.717, 1.165) is 12.1 Å². The van der Waals surface area contributed by atoms with Crippen molar-refractivity contribution in [3.8, 4) is 11.6 Å². The fourth-order valence-corrected chi connectivity index (χ4v) is 1.68. The normalized spacial score (nSPS) is 10.4. The summed E-state index contributed by atoms with van der Waals surface area (Å²) in [6.07, 6.45) is 0. The van der Waals surface area contributed by atoms with Gasteiger partial charge in [-0.05, 0) is 25.1 Å². The minimum Gasteiger partial charge on any atom is -0.435 e. The molecule has 0 saturated carbocycles. The number of rotatable bonds is 4. The number of pyridine rings is 1. The summed E-state index contributed by atoms with van der Waals surface area (Å²) in [5.74, 6) is -2.93. The number of ether oxygens (including phenoxy) is 1. The van der Waals surface area contributed by atoms with E-state index in [4.69, 9.17) is 16.3 Å². The third-order valence-electron chi connectivity index (χ3n) is 2.34. The van der Waals surface area contributed by atoms with Crippen LogP contribution in [-0.4, -0.2) is 11.5 Å². The van der Waals surface area contributed by atoms with Gasteiger partial charge in [0, 0.05) is 12.6 Å². The molecular formula is C13H10ClF3N2O. The molecule has 1 N–H and O–H groups in total. The zero-order chi connectivity index (χ0) is 14.7. The van der Waals surface area contributed by atoms with E-state index in [2.05, 4.69) is 10.3 Å². The highest BCUT2D eigenvalue weighted by molar-refractivity contribution is 6.32. The Morgan fingerprint density at radius 3 is 2.60 bits per heavy atom. The van der Waals surface area contributed by atoms with E-state index in [0.29, 0.717) is 12.6 Å². The second kappa shape index (κ2) is 6.00. The molecule has 2 rings (SSSR count). The van der Waals surface area contributed by atoms with E-state index >= 15 is 0 Å². The first-order valence-corrected chi connectivity index (χ1v) is 6.12. The summed E-state index contributed by atoms with van der Waals surface area (Å²) in [7, 11) is 0. The smallest absolute Gasteiger partial charge is 0.258 e. The van der Waals surface area contributed by atoms with Gasteiger partial charge >= 0.3 is 0 Å². The van der Waals surface area contributed by atoms with Crippen molar-refractivity contribution in [1.82, 2.24) is 4.98 Å². The molecule has 1 aromatic carbocycles. The van der Waals surface area contributed by atoms with Crippen LogP contribution in [0.25, 0.3) is 0 Å². The molecule has 1 heterocycles. The van der Waals surface area contributed by atoms with Gasteiger partial charge in [0.05, 0.1) is 5.02 Å². The topological polar surface area (TPSA) is 34.2 Å². The maximum Gasteiger partial charge on any atom is 0.258 e. The van der Waals surface area contributed by atoms with E-state index < -0.39 is 23.3 Å². The van der Waals surface area contributed by atoms with Crippen molar-refractivity contribution in [2.75, 3.05) is 11.9 Å². The lowest BCUT2D eigenvalue weighted by Crippen LogP contribution is -2.04. The zero-order valence-electron chi connectivity index (χ0n) is 10.4. The number of hydrogen-bond acceptors (Lipinski definition) is 3. The molecule has 0 radical (unpaired) electrons. The molecule has 7 heteroatoms. The summed E-state index contributed by atoms with van der Waals surface area (Å²) < 4.78 is 45.0. The quantitative estimate of drug-likeness (QED) is 0.910. The van der Waals surface area contributed by atoms with E-state index in [1.54, 1.807) is 6.92 Å². The summed E-state index contributed by atoms with van der Waals surface area (Å²) in [5.41, 5.74) is 0. The maximum absolute atomic E-state index is 13.6. The van der Waals surface area contributed by atoms with Gasteiger partial charge < -0.3 is 10.1 Å². The second-order valence-electron chi connectivity index (χ2n) is 3.81. The molecule has 20 heavy (non-hydrogen) atoms. The van der Waals surface area contributed by atoms with Gasteiger partial charge in [-0.1, -0.05) is 11.6 Å². The van der Waals surface area contributed by atoms with Crippen molar-refractivity contribution in [3.05, 3.63) is 46.7 Å². The van der Waals surface area contributed by atoms with Gasteiger partial charge in [0.1, 0.15) is 11.6 Å². The molecule has 0 bridgehead atoms. The van der Waals surface area contributed by atoms with Crippen LogP contribution in [0.4, 0.5) is 19.0 Å². The molecule has 2 aromatic rings.